The number of methoxy groups -OCH3 is 3. The van der Waals surface area contributed by atoms with Crippen LogP contribution in [0.4, 0.5) is 5.69 Å². The molecule has 304 valence electrons. The van der Waals surface area contributed by atoms with E-state index in [1.165, 1.54) is 14.2 Å². The normalized spacial score (nSPS) is 21.4. The highest BCUT2D eigenvalue weighted by Crippen LogP contribution is 2.30. The van der Waals surface area contributed by atoms with Gasteiger partial charge in [-0.2, -0.15) is 0 Å². The molecule has 3 rings (SSSR count). The van der Waals surface area contributed by atoms with Gasteiger partial charge in [0.15, 0.2) is 0 Å². The number of nitrogens with zero attached hydrogens (tertiary/aromatic N) is 3. The van der Waals surface area contributed by atoms with E-state index in [2.05, 4.69) is 10.6 Å². The number of hydrogen-bond donors (Lipinski definition) is 3. The van der Waals surface area contributed by atoms with Crippen molar-refractivity contribution < 1.29 is 38.2 Å². The molecule has 9 atom stereocenters. The predicted octanol–water partition coefficient (Wildman–Crippen LogP) is 2.62. The van der Waals surface area contributed by atoms with E-state index in [-0.39, 0.29) is 48.4 Å². The second kappa shape index (κ2) is 20.8. The van der Waals surface area contributed by atoms with Gasteiger partial charge in [0.25, 0.3) is 0 Å². The molecule has 4 amide bonds. The molecule has 14 heteroatoms. The SMILES string of the molecule is CCC(C)C(C(CC(=O)N1CCCC1C(OC)C(C)C(=O)NC(Cc1ccc(N)cc1)C(=O)OC)OC)N(C)C(=O)C(NC(=O)C1CCCN1C)C(C)C. The molecule has 2 fully saturated rings. The molecule has 9 unspecified atom stereocenters. The Morgan fingerprint density at radius 2 is 1.59 bits per heavy atom. The molecule has 2 heterocycles. The van der Waals surface area contributed by atoms with Crippen molar-refractivity contribution in [1.82, 2.24) is 25.3 Å². The monoisotopic (exact) mass is 758 g/mol. The fourth-order valence-corrected chi connectivity index (χ4v) is 8.06. The van der Waals surface area contributed by atoms with Gasteiger partial charge in [-0.1, -0.05) is 53.2 Å². The van der Waals surface area contributed by atoms with Crippen LogP contribution in [-0.2, 0) is 44.6 Å². The van der Waals surface area contributed by atoms with Crippen LogP contribution < -0.4 is 16.4 Å². The van der Waals surface area contributed by atoms with E-state index < -0.39 is 54.2 Å². The Bertz CT molecular complexity index is 1410. The fourth-order valence-electron chi connectivity index (χ4n) is 8.06. The van der Waals surface area contributed by atoms with Crippen LogP contribution in [0.25, 0.3) is 0 Å². The highest BCUT2D eigenvalue weighted by Gasteiger charge is 2.43. The molecule has 0 spiro atoms. The van der Waals surface area contributed by atoms with Gasteiger partial charge in [-0.15, -0.1) is 0 Å². The van der Waals surface area contributed by atoms with Crippen LogP contribution in [0.15, 0.2) is 24.3 Å². The molecule has 0 bridgehead atoms. The first-order chi connectivity index (χ1) is 25.6. The largest absolute Gasteiger partial charge is 0.467 e. The number of carbonyl (C=O) groups excluding carboxylic acids is 5. The van der Waals surface area contributed by atoms with E-state index in [4.69, 9.17) is 19.9 Å². The quantitative estimate of drug-likeness (QED) is 0.141. The average molecular weight is 759 g/mol. The maximum absolute atomic E-state index is 14.2. The van der Waals surface area contributed by atoms with Gasteiger partial charge in [0.2, 0.25) is 23.6 Å². The lowest BCUT2D eigenvalue weighted by atomic mass is 9.89. The molecule has 1 aromatic rings. The summed E-state index contributed by atoms with van der Waals surface area (Å²) in [6, 6.07) is 4.27. The molecule has 4 N–H and O–H groups in total. The molecule has 2 saturated heterocycles. The molecular formula is C40H66N6O8. The van der Waals surface area contributed by atoms with Gasteiger partial charge in [-0.25, -0.2) is 4.79 Å². The average Bonchev–Trinajstić information content (AvgIpc) is 3.82. The number of amides is 4. The van der Waals surface area contributed by atoms with Gasteiger partial charge in [-0.05, 0) is 68.8 Å². The molecule has 0 radical (unpaired) electrons. The molecule has 14 nitrogen and oxygen atoms in total. The summed E-state index contributed by atoms with van der Waals surface area (Å²) in [7, 11) is 8.00. The van der Waals surface area contributed by atoms with E-state index in [0.717, 1.165) is 37.8 Å². The highest BCUT2D eigenvalue weighted by molar-refractivity contribution is 5.90. The Kier molecular flexibility index (Phi) is 17.2. The molecular weight excluding hydrogens is 692 g/mol. The van der Waals surface area contributed by atoms with Crippen LogP contribution in [0, 0.1) is 17.8 Å². The minimum Gasteiger partial charge on any atom is -0.467 e. The second-order valence-corrected chi connectivity index (χ2v) is 15.5. The molecule has 0 aliphatic carbocycles. The summed E-state index contributed by atoms with van der Waals surface area (Å²) < 4.78 is 16.9. The van der Waals surface area contributed by atoms with E-state index in [1.807, 2.05) is 39.6 Å². The Labute approximate surface area is 322 Å². The summed E-state index contributed by atoms with van der Waals surface area (Å²) >= 11 is 0. The lowest BCUT2D eigenvalue weighted by molar-refractivity contribution is -0.149. The van der Waals surface area contributed by atoms with Crippen molar-refractivity contribution in [2.24, 2.45) is 17.8 Å². The number of rotatable bonds is 19. The molecule has 1 aromatic carbocycles. The molecule has 2 aliphatic heterocycles. The number of nitrogens with one attached hydrogen (secondary N) is 2. The highest BCUT2D eigenvalue weighted by atomic mass is 16.5. The Morgan fingerprint density at radius 3 is 2.13 bits per heavy atom. The zero-order chi connectivity index (χ0) is 40.3. The summed E-state index contributed by atoms with van der Waals surface area (Å²) in [4.78, 5) is 73.4. The van der Waals surface area contributed by atoms with Crippen LogP contribution >= 0.6 is 0 Å². The molecule has 0 aromatic heterocycles. The van der Waals surface area contributed by atoms with Crippen LogP contribution in [0.3, 0.4) is 0 Å². The minimum absolute atomic E-state index is 0.00815. The molecule has 54 heavy (non-hydrogen) atoms. The zero-order valence-corrected chi connectivity index (χ0v) is 34.1. The minimum atomic E-state index is -0.931. The van der Waals surface area contributed by atoms with Crippen molar-refractivity contribution in [1.29, 1.82) is 0 Å². The molecule has 0 saturated carbocycles. The summed E-state index contributed by atoms with van der Waals surface area (Å²) in [6.45, 7) is 11.0. The smallest absolute Gasteiger partial charge is 0.328 e. The van der Waals surface area contributed by atoms with Gasteiger partial charge in [0.1, 0.15) is 12.1 Å². The van der Waals surface area contributed by atoms with Crippen molar-refractivity contribution in [3.05, 3.63) is 29.8 Å². The zero-order valence-electron chi connectivity index (χ0n) is 34.1. The van der Waals surface area contributed by atoms with Crippen molar-refractivity contribution in [3.63, 3.8) is 0 Å². The maximum atomic E-state index is 14.2. The number of anilines is 1. The second-order valence-electron chi connectivity index (χ2n) is 15.5. The number of likely N-dealkylation sites (N-methyl/N-ethyl adjacent to an activating group) is 2. The van der Waals surface area contributed by atoms with E-state index in [1.54, 1.807) is 55.1 Å². The van der Waals surface area contributed by atoms with Crippen LogP contribution in [0.1, 0.15) is 78.7 Å². The van der Waals surface area contributed by atoms with E-state index in [0.29, 0.717) is 18.7 Å². The van der Waals surface area contributed by atoms with Gasteiger partial charge in [0, 0.05) is 39.9 Å². The fraction of sp³-hybridized carbons (Fsp3) is 0.725. The van der Waals surface area contributed by atoms with Crippen molar-refractivity contribution in [2.45, 2.75) is 122 Å². The van der Waals surface area contributed by atoms with Gasteiger partial charge >= 0.3 is 5.97 Å². The lowest BCUT2D eigenvalue weighted by Crippen LogP contribution is -2.59. The number of nitrogen functional groups attached to an aromatic ring is 1. The van der Waals surface area contributed by atoms with Gasteiger partial charge in [0.05, 0.1) is 49.8 Å². The number of carbonyl (C=O) groups is 5. The summed E-state index contributed by atoms with van der Waals surface area (Å²) in [5.74, 6) is -2.41. The number of hydrogen-bond acceptors (Lipinski definition) is 10. The Balaban J connectivity index is 1.76. The number of likely N-dealkylation sites (tertiary alicyclic amines) is 2. The Hall–Kier alpha value is -3.75. The first-order valence-corrected chi connectivity index (χ1v) is 19.4. The summed E-state index contributed by atoms with van der Waals surface area (Å²) in [5, 5.41) is 5.88. The maximum Gasteiger partial charge on any atom is 0.328 e. The molecule has 2 aliphatic rings. The number of ether oxygens (including phenoxy) is 3. The topological polar surface area (TPSA) is 173 Å². The summed E-state index contributed by atoms with van der Waals surface area (Å²) in [5.41, 5.74) is 7.21. The number of nitrogens with two attached hydrogens (primary N) is 1. The third kappa shape index (κ3) is 11.2. The standard InChI is InChI=1S/C40H66N6O8/c1-11-25(4)35(45(7)39(50)34(24(2)3)43-38(49)31-15-12-20-44(31)6)32(52-8)23-33(47)46-21-13-14-30(46)36(53-9)26(5)37(48)42-29(40(51)54-10)22-27-16-18-28(41)19-17-27/h16-19,24-26,29-32,34-36H,11-15,20-23,41H2,1-10H3,(H,42,48)(H,43,49). The Morgan fingerprint density at radius 1 is 0.944 bits per heavy atom. The third-order valence-electron chi connectivity index (χ3n) is 11.5. The van der Waals surface area contributed by atoms with Crippen molar-refractivity contribution in [2.75, 3.05) is 54.2 Å². The van der Waals surface area contributed by atoms with Crippen molar-refractivity contribution in [3.8, 4) is 0 Å². The van der Waals surface area contributed by atoms with Crippen LogP contribution in [0.2, 0.25) is 0 Å². The van der Waals surface area contributed by atoms with Gasteiger partial charge in [-0.3, -0.25) is 24.1 Å². The summed E-state index contributed by atoms with van der Waals surface area (Å²) in [6.07, 6.45) is 2.71. The van der Waals surface area contributed by atoms with E-state index in [9.17, 15) is 24.0 Å². The first-order valence-electron chi connectivity index (χ1n) is 19.4. The van der Waals surface area contributed by atoms with Crippen molar-refractivity contribution >= 4 is 35.3 Å². The number of esters is 1. The predicted molar refractivity (Wildman–Crippen MR) is 207 cm³/mol. The lowest BCUT2D eigenvalue weighted by Gasteiger charge is -2.41. The van der Waals surface area contributed by atoms with Gasteiger partial charge < -0.3 is 40.4 Å². The third-order valence-corrected chi connectivity index (χ3v) is 11.5. The number of benzene rings is 1. The van der Waals surface area contributed by atoms with E-state index >= 15 is 0 Å². The van der Waals surface area contributed by atoms with Crippen LogP contribution in [0.5, 0.6) is 0 Å². The van der Waals surface area contributed by atoms with Crippen LogP contribution in [-0.4, -0.2) is 135 Å². The first kappa shape index (κ1) is 44.6.